The van der Waals surface area contributed by atoms with E-state index in [1.165, 1.54) is 19.2 Å². The first-order valence-electron chi connectivity index (χ1n) is 15.0. The fourth-order valence-electron chi connectivity index (χ4n) is 5.44. The molecule has 1 saturated heterocycles. The van der Waals surface area contributed by atoms with Crippen molar-refractivity contribution in [2.45, 2.75) is 72.1 Å². The number of rotatable bonds is 16. The number of hydrogen-bond acceptors (Lipinski definition) is 12. The second-order valence-corrected chi connectivity index (χ2v) is 13.7. The summed E-state index contributed by atoms with van der Waals surface area (Å²) in [5.74, 6) is -3.74. The number of nitrogens with zero attached hydrogens (tertiary/aromatic N) is 5. The Kier molecular flexibility index (Phi) is 10.9. The molecule has 16 nitrogen and oxygen atoms in total. The first-order valence-corrected chi connectivity index (χ1v) is 17.2. The Labute approximate surface area is 281 Å². The smallest absolute Gasteiger partial charge is 0.418 e. The number of ketones is 1. The van der Waals surface area contributed by atoms with Gasteiger partial charge in [0.25, 0.3) is 12.0 Å². The Bertz CT molecular complexity index is 1830. The number of nitrogens with two attached hydrogens (primary N) is 1. The molecule has 260 valence electrons. The molecule has 3 heterocycles. The van der Waals surface area contributed by atoms with Crippen LogP contribution in [0.2, 0.25) is 0 Å². The predicted octanol–water partition coefficient (Wildman–Crippen LogP) is 2.62. The number of benzene rings is 1. The summed E-state index contributed by atoms with van der Waals surface area (Å²) in [4.78, 5) is 47.3. The minimum absolute atomic E-state index is 0.0127. The maximum Gasteiger partial charge on any atom is 0.418 e. The molecule has 1 aromatic carbocycles. The van der Waals surface area contributed by atoms with Crippen molar-refractivity contribution in [1.82, 2.24) is 14.7 Å². The molecule has 18 heteroatoms. The Hall–Kier alpha value is -4.39. The highest BCUT2D eigenvalue weighted by molar-refractivity contribution is 7.80. The van der Waals surface area contributed by atoms with E-state index in [9.17, 15) is 27.9 Å². The van der Waals surface area contributed by atoms with Crippen molar-refractivity contribution in [1.29, 1.82) is 0 Å². The van der Waals surface area contributed by atoms with Gasteiger partial charge >= 0.3 is 16.4 Å². The number of amides is 1. The van der Waals surface area contributed by atoms with Gasteiger partial charge in [-0.15, -0.1) is 20.3 Å². The van der Waals surface area contributed by atoms with Gasteiger partial charge in [0.05, 0.1) is 29.3 Å². The van der Waals surface area contributed by atoms with Crippen LogP contribution in [0, 0.1) is 19.8 Å². The zero-order valence-electron chi connectivity index (χ0n) is 27.4. The highest BCUT2D eigenvalue weighted by atomic mass is 32.3. The van der Waals surface area contributed by atoms with Gasteiger partial charge in [-0.25, -0.2) is 9.78 Å². The van der Waals surface area contributed by atoms with Crippen LogP contribution in [0.1, 0.15) is 57.1 Å². The molecule has 1 amide bonds. The number of unbranched alkanes of at least 4 members (excludes halogenated alkanes) is 1. The molecule has 4 N–H and O–H groups in total. The summed E-state index contributed by atoms with van der Waals surface area (Å²) in [5, 5.41) is 15.6. The van der Waals surface area contributed by atoms with E-state index in [-0.39, 0.29) is 10.8 Å². The van der Waals surface area contributed by atoms with Gasteiger partial charge in [0.15, 0.2) is 23.7 Å². The number of nitrogen functional groups attached to an aromatic ring is 1. The van der Waals surface area contributed by atoms with E-state index in [4.69, 9.17) is 19.9 Å². The van der Waals surface area contributed by atoms with Crippen LogP contribution in [0.25, 0.3) is 11.1 Å². The number of carbonyl (C=O) groups is 3. The summed E-state index contributed by atoms with van der Waals surface area (Å²) in [7, 11) is -2.96. The zero-order valence-corrected chi connectivity index (χ0v) is 29.0. The first kappa shape index (κ1) is 36.4. The summed E-state index contributed by atoms with van der Waals surface area (Å²) >= 11 is 0.995. The van der Waals surface area contributed by atoms with Crippen molar-refractivity contribution in [2.75, 3.05) is 12.3 Å². The van der Waals surface area contributed by atoms with Crippen molar-refractivity contribution >= 4 is 50.2 Å². The van der Waals surface area contributed by atoms with Crippen LogP contribution in [0.5, 0.6) is 5.75 Å². The van der Waals surface area contributed by atoms with E-state index in [1.807, 2.05) is 19.2 Å². The molecule has 1 aliphatic rings. The zero-order chi connectivity index (χ0) is 35.6. The summed E-state index contributed by atoms with van der Waals surface area (Å²) < 4.78 is 45.7. The van der Waals surface area contributed by atoms with Crippen LogP contribution in [-0.2, 0) is 47.5 Å². The largest absolute Gasteiger partial charge is 0.489 e. The van der Waals surface area contributed by atoms with E-state index in [1.54, 1.807) is 12.1 Å². The molecule has 2 atom stereocenters. The maximum atomic E-state index is 13.4. The van der Waals surface area contributed by atoms with Gasteiger partial charge in [0.2, 0.25) is 5.69 Å². The van der Waals surface area contributed by atoms with E-state index in [2.05, 4.69) is 44.6 Å². The Morgan fingerprint density at radius 1 is 1.23 bits per heavy atom. The molecule has 48 heavy (non-hydrogen) atoms. The SMILES string of the molecule is CCCCn1c(C)c(-c2ccc(OCC(O/N=C(\C(=O)C[C@@H]3C(=O)N(OS(=O)(=O)O)C3(C)C)c3csc(N)n3)C(=O)O)cc2)c(C)[n+]1C. The lowest BCUT2D eigenvalue weighted by Gasteiger charge is -2.50. The molecular weight excluding hydrogens is 668 g/mol. The lowest BCUT2D eigenvalue weighted by molar-refractivity contribution is -0.759. The lowest BCUT2D eigenvalue weighted by Crippen LogP contribution is -2.68. The molecule has 1 fully saturated rings. The summed E-state index contributed by atoms with van der Waals surface area (Å²) in [6.45, 7) is 9.59. The molecule has 0 aliphatic carbocycles. The average Bonchev–Trinajstić information content (AvgIpc) is 3.53. The number of oxime groups is 1. The van der Waals surface area contributed by atoms with Gasteiger partial charge in [-0.1, -0.05) is 30.6 Å². The number of carboxylic acid groups (broad SMARTS) is 1. The van der Waals surface area contributed by atoms with Crippen LogP contribution in [0.3, 0.4) is 0 Å². The van der Waals surface area contributed by atoms with E-state index >= 15 is 0 Å². The number of ether oxygens (including phenoxy) is 1. The molecule has 1 unspecified atom stereocenters. The molecule has 2 aromatic heterocycles. The summed E-state index contributed by atoms with van der Waals surface area (Å²) in [5.41, 5.74) is 8.33. The van der Waals surface area contributed by atoms with Gasteiger partial charge < -0.3 is 20.4 Å². The van der Waals surface area contributed by atoms with Gasteiger partial charge in [0, 0.05) is 18.7 Å². The predicted molar refractivity (Wildman–Crippen MR) is 173 cm³/mol. The third-order valence-corrected chi connectivity index (χ3v) is 9.25. The Morgan fingerprint density at radius 3 is 2.44 bits per heavy atom. The molecule has 0 bridgehead atoms. The van der Waals surface area contributed by atoms with Crippen molar-refractivity contribution in [3.05, 3.63) is 46.7 Å². The third kappa shape index (κ3) is 7.83. The van der Waals surface area contributed by atoms with Crippen LogP contribution in [-0.4, -0.2) is 74.4 Å². The van der Waals surface area contributed by atoms with Crippen molar-refractivity contribution < 1.29 is 51.0 Å². The quantitative estimate of drug-likeness (QED) is 0.0644. The van der Waals surface area contributed by atoms with Crippen LogP contribution >= 0.6 is 11.3 Å². The standard InChI is InChI=1S/C30H38N6O10S2/c1-7-8-13-35-18(3)25(17(2)34(35)6)19-9-11-20(12-10-19)44-15-24(28(39)40)45-33-26(22-16-47-29(31)32-22)23(37)14-21-27(38)36(30(21,4)5)46-48(41,42)43/h9-12,16,21,24H,7-8,13-15H2,1-6H3,(H3-,31,32,39,40,41,42,43)/p+1/b33-26-/t21-,24?/m1/s1. The summed E-state index contributed by atoms with van der Waals surface area (Å²) in [6, 6.07) is 7.22. The number of aromatic nitrogens is 3. The molecule has 0 radical (unpaired) electrons. The molecular formula is C30H39N6O10S2+. The van der Waals surface area contributed by atoms with Gasteiger partial charge in [-0.2, -0.15) is 18.2 Å². The van der Waals surface area contributed by atoms with Gasteiger partial charge in [0.1, 0.15) is 18.1 Å². The van der Waals surface area contributed by atoms with Crippen molar-refractivity contribution in [3.8, 4) is 16.9 Å². The number of aliphatic carboxylic acids is 1. The second-order valence-electron chi connectivity index (χ2n) is 11.8. The number of Topliss-reactive ketones (excluding diaryl/α,β-unsaturated/α-hetero) is 1. The second kappa shape index (κ2) is 14.4. The average molecular weight is 708 g/mol. The number of carbonyl (C=O) groups excluding carboxylic acids is 2. The maximum absolute atomic E-state index is 13.4. The van der Waals surface area contributed by atoms with E-state index in [0.29, 0.717) is 10.8 Å². The van der Waals surface area contributed by atoms with Gasteiger partial charge in [-0.3, -0.25) is 14.1 Å². The van der Waals surface area contributed by atoms with Crippen LogP contribution < -0.4 is 15.2 Å². The van der Waals surface area contributed by atoms with Gasteiger partial charge in [-0.05, 0) is 44.9 Å². The molecule has 4 rings (SSSR count). The molecule has 0 spiro atoms. The molecule has 3 aromatic rings. The Balaban J connectivity index is 1.48. The number of anilines is 1. The molecule has 1 aliphatic heterocycles. The third-order valence-electron chi connectivity index (χ3n) is 8.23. The van der Waals surface area contributed by atoms with E-state index in [0.717, 1.165) is 53.2 Å². The van der Waals surface area contributed by atoms with Crippen molar-refractivity contribution in [2.24, 2.45) is 18.1 Å². The summed E-state index contributed by atoms with van der Waals surface area (Å²) in [6.07, 6.45) is 0.0139. The monoisotopic (exact) mass is 707 g/mol. The normalized spacial score (nSPS) is 16.8. The van der Waals surface area contributed by atoms with E-state index < -0.39 is 64.4 Å². The Morgan fingerprint density at radius 2 is 1.90 bits per heavy atom. The number of hydrogen-bond donors (Lipinski definition) is 3. The lowest BCUT2D eigenvalue weighted by atomic mass is 9.74. The van der Waals surface area contributed by atoms with Crippen LogP contribution in [0.15, 0.2) is 34.8 Å². The fourth-order valence-corrected chi connectivity index (χ4v) is 6.44. The van der Waals surface area contributed by atoms with Crippen LogP contribution in [0.4, 0.5) is 5.13 Å². The fraction of sp³-hybridized carbons (Fsp3) is 0.467. The number of thiazole rings is 1. The topological polar surface area (TPSA) is 217 Å². The first-order chi connectivity index (χ1) is 22.5. The highest BCUT2D eigenvalue weighted by Gasteiger charge is 2.57. The highest BCUT2D eigenvalue weighted by Crippen LogP contribution is 2.40. The number of carboxylic acids is 1. The minimum Gasteiger partial charge on any atom is -0.489 e. The number of hydroxylamine groups is 2. The number of β-lactam (4-membered cyclic amide) rings is 1. The minimum atomic E-state index is -4.99. The molecule has 0 saturated carbocycles. The van der Waals surface area contributed by atoms with Crippen molar-refractivity contribution in [3.63, 3.8) is 0 Å².